The van der Waals surface area contributed by atoms with Crippen molar-refractivity contribution in [2.45, 2.75) is 64.8 Å². The van der Waals surface area contributed by atoms with Crippen LogP contribution in [-0.2, 0) is 16.8 Å². The number of piperidine rings is 1. The van der Waals surface area contributed by atoms with E-state index in [-0.39, 0.29) is 23.2 Å². The van der Waals surface area contributed by atoms with Crippen LogP contribution in [0.25, 0.3) is 16.5 Å². The summed E-state index contributed by atoms with van der Waals surface area (Å²) in [6.07, 6.45) is 4.87. The minimum atomic E-state index is -1.11. The molecule has 2 aromatic carbocycles. The van der Waals surface area contributed by atoms with Gasteiger partial charge in [-0.2, -0.15) is 0 Å². The van der Waals surface area contributed by atoms with E-state index in [1.54, 1.807) is 10.6 Å². The molecule has 0 atom stereocenters. The Hall–Kier alpha value is -3.45. The van der Waals surface area contributed by atoms with Gasteiger partial charge in [0.05, 0.1) is 16.8 Å². The van der Waals surface area contributed by atoms with Gasteiger partial charge in [0.25, 0.3) is 5.91 Å². The number of nitrogens with zero attached hydrogens (tertiary/aromatic N) is 2. The third-order valence-electron chi connectivity index (χ3n) is 7.94. The van der Waals surface area contributed by atoms with E-state index in [0.29, 0.717) is 35.4 Å². The third kappa shape index (κ3) is 4.53. The smallest absolute Gasteiger partial charge is 0.339 e. The van der Waals surface area contributed by atoms with Gasteiger partial charge in [-0.25, -0.2) is 9.18 Å². The predicted octanol–water partition coefficient (Wildman–Crippen LogP) is 5.88. The van der Waals surface area contributed by atoms with Crippen LogP contribution in [0.1, 0.15) is 85.6 Å². The molecule has 5 rings (SSSR count). The number of carbonyl (C=O) groups excluding carboxylic acids is 1. The quantitative estimate of drug-likeness (QED) is 0.442. The standard InChI is InChI=1S/C31H36FN3O3/c1-19(2)22-9-8-10-25-26(22)27-28(23(30(37)38)16-33-18-31(27,3)4)35(25)29(36)20-11-12-24(32)21(15-20)17-34-13-6-5-7-14-34/h8-12,15-16,19,33H,5-7,13-14,17-18H2,1-4H3,(H,37,38). The molecule has 2 aliphatic heterocycles. The number of rotatable bonds is 5. The Morgan fingerprint density at radius 3 is 2.53 bits per heavy atom. The first-order chi connectivity index (χ1) is 18.1. The van der Waals surface area contributed by atoms with Crippen molar-refractivity contribution in [1.29, 1.82) is 0 Å². The molecule has 38 heavy (non-hydrogen) atoms. The second-order valence-corrected chi connectivity index (χ2v) is 11.5. The molecule has 2 aliphatic rings. The first kappa shape index (κ1) is 26.2. The summed E-state index contributed by atoms with van der Waals surface area (Å²) in [5.74, 6) is -1.63. The molecule has 0 bridgehead atoms. The topological polar surface area (TPSA) is 74.6 Å². The van der Waals surface area contributed by atoms with Crippen molar-refractivity contribution in [2.24, 2.45) is 0 Å². The lowest BCUT2D eigenvalue weighted by Gasteiger charge is -2.26. The summed E-state index contributed by atoms with van der Waals surface area (Å²) in [7, 11) is 0. The van der Waals surface area contributed by atoms with Crippen LogP contribution in [-0.4, -0.2) is 46.1 Å². The molecule has 0 spiro atoms. The van der Waals surface area contributed by atoms with Crippen molar-refractivity contribution < 1.29 is 19.1 Å². The molecule has 6 nitrogen and oxygen atoms in total. The number of aliphatic carboxylic acids is 1. The van der Waals surface area contributed by atoms with Gasteiger partial charge in [0, 0.05) is 41.2 Å². The van der Waals surface area contributed by atoms with Crippen molar-refractivity contribution in [3.63, 3.8) is 0 Å². The van der Waals surface area contributed by atoms with Gasteiger partial charge in [-0.05, 0) is 67.2 Å². The Balaban J connectivity index is 1.74. The van der Waals surface area contributed by atoms with E-state index in [0.717, 1.165) is 42.4 Å². The van der Waals surface area contributed by atoms with Crippen LogP contribution in [0.3, 0.4) is 0 Å². The SMILES string of the molecule is CC(C)c1cccc2c1c1c(n2C(=O)c2ccc(F)c(CN3CCCCC3)c2)C(C(=O)O)=CNCC1(C)C. The minimum Gasteiger partial charge on any atom is -0.478 e. The lowest BCUT2D eigenvalue weighted by molar-refractivity contribution is -0.130. The molecular formula is C31H36FN3O3. The molecule has 3 heterocycles. The second-order valence-electron chi connectivity index (χ2n) is 11.5. The maximum Gasteiger partial charge on any atom is 0.339 e. The number of carboxylic acids is 1. The van der Waals surface area contributed by atoms with Crippen molar-refractivity contribution >= 4 is 28.4 Å². The first-order valence-corrected chi connectivity index (χ1v) is 13.5. The van der Waals surface area contributed by atoms with Gasteiger partial charge < -0.3 is 10.4 Å². The van der Waals surface area contributed by atoms with Crippen molar-refractivity contribution in [3.05, 3.63) is 76.4 Å². The maximum atomic E-state index is 14.9. The van der Waals surface area contributed by atoms with Gasteiger partial charge in [-0.3, -0.25) is 14.3 Å². The number of hydrogen-bond acceptors (Lipinski definition) is 4. The minimum absolute atomic E-state index is 0.0421. The molecule has 0 radical (unpaired) electrons. The summed E-state index contributed by atoms with van der Waals surface area (Å²) >= 11 is 0. The normalized spacial score (nSPS) is 17.6. The van der Waals surface area contributed by atoms with Gasteiger partial charge in [0.15, 0.2) is 0 Å². The molecule has 3 aromatic rings. The highest BCUT2D eigenvalue weighted by molar-refractivity contribution is 6.20. The number of benzene rings is 2. The summed E-state index contributed by atoms with van der Waals surface area (Å²) in [5.41, 5.74) is 3.39. The van der Waals surface area contributed by atoms with Crippen LogP contribution in [0.15, 0.2) is 42.6 Å². The van der Waals surface area contributed by atoms with E-state index in [9.17, 15) is 19.1 Å². The molecule has 1 saturated heterocycles. The van der Waals surface area contributed by atoms with Crippen LogP contribution < -0.4 is 5.32 Å². The second kappa shape index (κ2) is 10.0. The van der Waals surface area contributed by atoms with Gasteiger partial charge in [0.1, 0.15) is 5.82 Å². The van der Waals surface area contributed by atoms with Gasteiger partial charge in [-0.1, -0.05) is 46.2 Å². The molecule has 1 aromatic heterocycles. The number of carbonyl (C=O) groups is 2. The van der Waals surface area contributed by atoms with Crippen LogP contribution in [0.5, 0.6) is 0 Å². The molecule has 0 aliphatic carbocycles. The van der Waals surface area contributed by atoms with Crippen molar-refractivity contribution in [2.75, 3.05) is 19.6 Å². The Morgan fingerprint density at radius 2 is 1.84 bits per heavy atom. The monoisotopic (exact) mass is 517 g/mol. The predicted molar refractivity (Wildman–Crippen MR) is 148 cm³/mol. The van der Waals surface area contributed by atoms with E-state index in [2.05, 4.69) is 44.0 Å². The van der Waals surface area contributed by atoms with E-state index < -0.39 is 11.4 Å². The zero-order chi connectivity index (χ0) is 27.2. The number of nitrogens with one attached hydrogen (secondary N) is 1. The first-order valence-electron chi connectivity index (χ1n) is 13.5. The van der Waals surface area contributed by atoms with Gasteiger partial charge in [0.2, 0.25) is 0 Å². The number of likely N-dealkylation sites (tertiary alicyclic amines) is 1. The van der Waals surface area contributed by atoms with E-state index in [4.69, 9.17) is 0 Å². The van der Waals surface area contributed by atoms with E-state index in [1.165, 1.54) is 24.8 Å². The van der Waals surface area contributed by atoms with Crippen LogP contribution in [0.2, 0.25) is 0 Å². The van der Waals surface area contributed by atoms with Gasteiger partial charge >= 0.3 is 5.97 Å². The molecule has 200 valence electrons. The van der Waals surface area contributed by atoms with Crippen LogP contribution in [0.4, 0.5) is 4.39 Å². The van der Waals surface area contributed by atoms with E-state index in [1.807, 2.05) is 12.1 Å². The Kier molecular flexibility index (Phi) is 6.90. The molecule has 0 unspecified atom stereocenters. The lowest BCUT2D eigenvalue weighted by atomic mass is 9.80. The Morgan fingerprint density at radius 1 is 1.11 bits per heavy atom. The fourth-order valence-corrected chi connectivity index (χ4v) is 6.02. The average molecular weight is 518 g/mol. The highest BCUT2D eigenvalue weighted by atomic mass is 19.1. The number of hydrogen-bond donors (Lipinski definition) is 2. The lowest BCUT2D eigenvalue weighted by Crippen LogP contribution is -2.30. The van der Waals surface area contributed by atoms with E-state index >= 15 is 0 Å². The zero-order valence-corrected chi connectivity index (χ0v) is 22.6. The fourth-order valence-electron chi connectivity index (χ4n) is 6.02. The van der Waals surface area contributed by atoms with Gasteiger partial charge in [-0.15, -0.1) is 0 Å². The molecule has 0 saturated carbocycles. The summed E-state index contributed by atoms with van der Waals surface area (Å²) in [4.78, 5) is 29.1. The average Bonchev–Trinajstić information content (AvgIpc) is 3.16. The number of carboxylic acid groups (broad SMARTS) is 1. The number of fused-ring (bicyclic) bond motifs is 3. The highest BCUT2D eigenvalue weighted by Crippen LogP contribution is 2.43. The summed E-state index contributed by atoms with van der Waals surface area (Å²) < 4.78 is 16.4. The molecular weight excluding hydrogens is 481 g/mol. The van der Waals surface area contributed by atoms with Crippen molar-refractivity contribution in [1.82, 2.24) is 14.8 Å². The highest BCUT2D eigenvalue weighted by Gasteiger charge is 2.38. The summed E-state index contributed by atoms with van der Waals surface area (Å²) in [5, 5.41) is 14.3. The maximum absolute atomic E-state index is 14.9. The molecule has 2 N–H and O–H groups in total. The molecule has 0 amide bonds. The Bertz CT molecular complexity index is 1440. The summed E-state index contributed by atoms with van der Waals surface area (Å²) in [6.45, 7) is 11.1. The molecule has 7 heteroatoms. The third-order valence-corrected chi connectivity index (χ3v) is 7.94. The largest absolute Gasteiger partial charge is 0.478 e. The number of halogens is 1. The molecule has 1 fully saturated rings. The van der Waals surface area contributed by atoms with Crippen LogP contribution in [0, 0.1) is 5.82 Å². The zero-order valence-electron chi connectivity index (χ0n) is 22.6. The Labute approximate surface area is 223 Å². The fraction of sp³-hybridized carbons (Fsp3) is 0.419. The number of aromatic nitrogens is 1. The van der Waals surface area contributed by atoms with Crippen molar-refractivity contribution in [3.8, 4) is 0 Å². The van der Waals surface area contributed by atoms with Crippen LogP contribution >= 0.6 is 0 Å². The summed E-state index contributed by atoms with van der Waals surface area (Å²) in [6, 6.07) is 10.4.